The largest absolute Gasteiger partial charge is 0.298 e. The van der Waals surface area contributed by atoms with Gasteiger partial charge in [0.2, 0.25) is 10.0 Å². The monoisotopic (exact) mass is 442 g/mol. The summed E-state index contributed by atoms with van der Waals surface area (Å²) in [6.07, 6.45) is 6.34. The Kier molecular flexibility index (Phi) is 6.60. The second kappa shape index (κ2) is 8.95. The molecule has 0 unspecified atom stereocenters. The number of halogens is 1. The lowest BCUT2D eigenvalue weighted by Gasteiger charge is -2.21. The van der Waals surface area contributed by atoms with Crippen molar-refractivity contribution in [2.24, 2.45) is 0 Å². The molecule has 1 aliphatic heterocycles. The van der Waals surface area contributed by atoms with Crippen LogP contribution in [0.5, 0.6) is 0 Å². The Morgan fingerprint density at radius 1 is 1.11 bits per heavy atom. The number of thiocarbonyl (C=S) groups is 1. The third kappa shape index (κ3) is 4.85. The minimum Gasteiger partial charge on any atom is -0.298 e. The van der Waals surface area contributed by atoms with Crippen LogP contribution in [-0.4, -0.2) is 51.7 Å². The molecule has 2 N–H and O–H groups in total. The average molecular weight is 443 g/mol. The van der Waals surface area contributed by atoms with Crippen LogP contribution in [0.25, 0.3) is 0 Å². The molecule has 150 valence electrons. The van der Waals surface area contributed by atoms with E-state index in [4.69, 9.17) is 23.8 Å². The molecule has 1 aliphatic rings. The number of nitrogens with one attached hydrogen (secondary N) is 2. The second-order valence-electron chi connectivity index (χ2n) is 6.23. The van der Waals surface area contributed by atoms with Gasteiger partial charge >= 0.3 is 0 Å². The summed E-state index contributed by atoms with van der Waals surface area (Å²) in [7, 11) is -3.79. The molecule has 0 spiro atoms. The van der Waals surface area contributed by atoms with Crippen molar-refractivity contribution in [3.63, 3.8) is 0 Å². The highest BCUT2D eigenvalue weighted by Gasteiger charge is 2.28. The summed E-state index contributed by atoms with van der Waals surface area (Å²) in [4.78, 5) is 12.4. The maximum absolute atomic E-state index is 13.0. The Hall–Kier alpha value is -2.08. The van der Waals surface area contributed by atoms with Crippen molar-refractivity contribution in [3.8, 4) is 0 Å². The molecular formula is C16H19ClN6O3S2. The minimum absolute atomic E-state index is 0.0108. The van der Waals surface area contributed by atoms with Gasteiger partial charge in [-0.25, -0.2) is 13.1 Å². The fourth-order valence-corrected chi connectivity index (χ4v) is 5.06. The maximum Gasteiger partial charge on any atom is 0.257 e. The molecule has 0 radical (unpaired) electrons. The van der Waals surface area contributed by atoms with Gasteiger partial charge in [-0.15, -0.1) is 10.2 Å². The molecule has 1 fully saturated rings. The second-order valence-corrected chi connectivity index (χ2v) is 8.95. The van der Waals surface area contributed by atoms with Gasteiger partial charge < -0.3 is 0 Å². The molecule has 1 amide bonds. The van der Waals surface area contributed by atoms with E-state index in [-0.39, 0.29) is 20.6 Å². The van der Waals surface area contributed by atoms with Crippen LogP contribution in [0, 0.1) is 0 Å². The van der Waals surface area contributed by atoms with Gasteiger partial charge in [-0.05, 0) is 43.3 Å². The third-order valence-corrected chi connectivity index (χ3v) is 6.83. The van der Waals surface area contributed by atoms with E-state index in [9.17, 15) is 13.2 Å². The van der Waals surface area contributed by atoms with Crippen LogP contribution in [-0.2, 0) is 10.0 Å². The standard InChI is InChI=1S/C16H19ClN6O3S2/c17-13-6-5-12(15(24)20-16(27)21-22-10-18-19-11-22)9-14(13)28(25,26)23-7-3-1-2-4-8-23/h5-6,9-11H,1-4,7-8H2,(H2,20,21,24,27). The molecule has 0 atom stereocenters. The highest BCUT2D eigenvalue weighted by atomic mass is 35.5. The zero-order valence-electron chi connectivity index (χ0n) is 14.8. The number of sulfonamides is 1. The lowest BCUT2D eigenvalue weighted by molar-refractivity contribution is 0.0977. The molecule has 2 heterocycles. The molecule has 12 heteroatoms. The van der Waals surface area contributed by atoms with Crippen LogP contribution >= 0.6 is 23.8 Å². The zero-order valence-corrected chi connectivity index (χ0v) is 17.2. The first-order valence-corrected chi connectivity index (χ1v) is 10.9. The third-order valence-electron chi connectivity index (χ3n) is 4.25. The highest BCUT2D eigenvalue weighted by Crippen LogP contribution is 2.27. The maximum atomic E-state index is 13.0. The number of amides is 1. The van der Waals surface area contributed by atoms with Gasteiger partial charge in [0, 0.05) is 18.7 Å². The molecule has 3 rings (SSSR count). The summed E-state index contributed by atoms with van der Waals surface area (Å²) in [6.45, 7) is 0.893. The zero-order chi connectivity index (χ0) is 20.1. The predicted molar refractivity (Wildman–Crippen MR) is 108 cm³/mol. The topological polar surface area (TPSA) is 109 Å². The number of hydrogen-bond donors (Lipinski definition) is 2. The van der Waals surface area contributed by atoms with Gasteiger partial charge in [-0.1, -0.05) is 24.4 Å². The van der Waals surface area contributed by atoms with Crippen LogP contribution in [0.15, 0.2) is 35.7 Å². The van der Waals surface area contributed by atoms with E-state index in [0.717, 1.165) is 25.7 Å². The van der Waals surface area contributed by atoms with Crippen molar-refractivity contribution in [1.29, 1.82) is 0 Å². The molecule has 0 aliphatic carbocycles. The van der Waals surface area contributed by atoms with E-state index in [1.165, 1.54) is 39.8 Å². The van der Waals surface area contributed by atoms with Crippen molar-refractivity contribution in [3.05, 3.63) is 41.4 Å². The van der Waals surface area contributed by atoms with Crippen molar-refractivity contribution < 1.29 is 13.2 Å². The smallest absolute Gasteiger partial charge is 0.257 e. The predicted octanol–water partition coefficient (Wildman–Crippen LogP) is 1.75. The normalized spacial score (nSPS) is 15.6. The summed E-state index contributed by atoms with van der Waals surface area (Å²) < 4.78 is 28.8. The Morgan fingerprint density at radius 2 is 1.75 bits per heavy atom. The van der Waals surface area contributed by atoms with E-state index >= 15 is 0 Å². The van der Waals surface area contributed by atoms with Crippen LogP contribution in [0.1, 0.15) is 36.0 Å². The minimum atomic E-state index is -3.79. The van der Waals surface area contributed by atoms with Crippen molar-refractivity contribution in [2.45, 2.75) is 30.6 Å². The molecule has 28 heavy (non-hydrogen) atoms. The number of carbonyl (C=O) groups excluding carboxylic acids is 1. The Labute approximate surface area is 173 Å². The molecule has 1 saturated heterocycles. The van der Waals surface area contributed by atoms with E-state index in [0.29, 0.717) is 13.1 Å². The van der Waals surface area contributed by atoms with Gasteiger partial charge in [-0.2, -0.15) is 4.31 Å². The molecule has 1 aromatic heterocycles. The van der Waals surface area contributed by atoms with Crippen molar-refractivity contribution in [1.82, 2.24) is 24.5 Å². The van der Waals surface area contributed by atoms with Crippen LogP contribution in [0.4, 0.5) is 0 Å². The lowest BCUT2D eigenvalue weighted by Crippen LogP contribution is -2.37. The highest BCUT2D eigenvalue weighted by molar-refractivity contribution is 7.89. The van der Waals surface area contributed by atoms with E-state index < -0.39 is 15.9 Å². The molecule has 0 saturated carbocycles. The summed E-state index contributed by atoms with van der Waals surface area (Å²) in [5.41, 5.74) is 2.81. The quantitative estimate of drug-likeness (QED) is 0.694. The summed E-state index contributed by atoms with van der Waals surface area (Å²) in [6, 6.07) is 4.12. The number of rotatable bonds is 4. The van der Waals surface area contributed by atoms with Crippen LogP contribution in [0.2, 0.25) is 5.02 Å². The van der Waals surface area contributed by atoms with E-state index in [1.54, 1.807) is 0 Å². The number of carbonyl (C=O) groups is 1. The number of nitrogens with zero attached hydrogens (tertiary/aromatic N) is 4. The van der Waals surface area contributed by atoms with Crippen LogP contribution < -0.4 is 10.7 Å². The van der Waals surface area contributed by atoms with Gasteiger partial charge in [-0.3, -0.25) is 15.5 Å². The first-order valence-electron chi connectivity index (χ1n) is 8.64. The molecule has 2 aromatic rings. The van der Waals surface area contributed by atoms with Crippen molar-refractivity contribution >= 4 is 44.9 Å². The number of aromatic nitrogens is 3. The van der Waals surface area contributed by atoms with Crippen LogP contribution in [0.3, 0.4) is 0 Å². The van der Waals surface area contributed by atoms with Gasteiger partial charge in [0.05, 0.1) is 5.02 Å². The Morgan fingerprint density at radius 3 is 2.39 bits per heavy atom. The molecule has 1 aromatic carbocycles. The molecule has 0 bridgehead atoms. The van der Waals surface area contributed by atoms with E-state index in [1.807, 2.05) is 0 Å². The van der Waals surface area contributed by atoms with Gasteiger partial charge in [0.25, 0.3) is 5.91 Å². The summed E-state index contributed by atoms with van der Waals surface area (Å²) in [5, 5.41) is 9.77. The Bertz CT molecular complexity index is 957. The Balaban J connectivity index is 1.78. The summed E-state index contributed by atoms with van der Waals surface area (Å²) >= 11 is 11.2. The van der Waals surface area contributed by atoms with Crippen molar-refractivity contribution in [2.75, 3.05) is 18.5 Å². The fraction of sp³-hybridized carbons (Fsp3) is 0.375. The number of hydrogen-bond acceptors (Lipinski definition) is 6. The first-order chi connectivity index (χ1) is 13.4. The van der Waals surface area contributed by atoms with E-state index in [2.05, 4.69) is 20.9 Å². The molecule has 9 nitrogen and oxygen atoms in total. The van der Waals surface area contributed by atoms with Gasteiger partial charge in [0.15, 0.2) is 5.11 Å². The molecular weight excluding hydrogens is 424 g/mol. The lowest BCUT2D eigenvalue weighted by atomic mass is 10.2. The van der Waals surface area contributed by atoms with Gasteiger partial charge in [0.1, 0.15) is 17.6 Å². The average Bonchev–Trinajstić information content (AvgIpc) is 3.00. The fourth-order valence-electron chi connectivity index (χ4n) is 2.84. The number of benzene rings is 1. The first kappa shape index (κ1) is 20.6. The SMILES string of the molecule is O=C(NC(=S)Nn1cnnc1)c1ccc(Cl)c(S(=O)(=O)N2CCCCCC2)c1. The summed E-state index contributed by atoms with van der Waals surface area (Å²) in [5.74, 6) is -0.561.